The lowest BCUT2D eigenvalue weighted by Gasteiger charge is -2.02. The molecular formula is C19H26. The Morgan fingerprint density at radius 2 is 1.26 bits per heavy atom. The first-order valence-electron chi connectivity index (χ1n) is 7.33. The van der Waals surface area contributed by atoms with Crippen molar-refractivity contribution < 1.29 is 0 Å². The van der Waals surface area contributed by atoms with Crippen LogP contribution in [0.1, 0.15) is 43.0 Å². The van der Waals surface area contributed by atoms with Crippen LogP contribution < -0.4 is 0 Å². The molecule has 0 saturated carbocycles. The van der Waals surface area contributed by atoms with Gasteiger partial charge >= 0.3 is 0 Å². The Labute approximate surface area is 118 Å². The highest BCUT2D eigenvalue weighted by Crippen LogP contribution is 2.09. The van der Waals surface area contributed by atoms with Crippen LogP contribution in [0.5, 0.6) is 0 Å². The van der Waals surface area contributed by atoms with Gasteiger partial charge in [-0.25, -0.2) is 0 Å². The lowest BCUT2D eigenvalue weighted by Crippen LogP contribution is -1.88. The van der Waals surface area contributed by atoms with E-state index in [0.29, 0.717) is 0 Å². The molecule has 0 atom stereocenters. The molecule has 0 spiro atoms. The highest BCUT2D eigenvalue weighted by Gasteiger charge is 1.93. The van der Waals surface area contributed by atoms with Crippen molar-refractivity contribution in [3.63, 3.8) is 0 Å². The minimum atomic E-state index is 1.14. The molecule has 0 bridgehead atoms. The fourth-order valence-corrected chi connectivity index (χ4v) is 2.18. The molecule has 0 unspecified atom stereocenters. The van der Waals surface area contributed by atoms with Crippen molar-refractivity contribution in [3.8, 4) is 0 Å². The third-order valence-corrected chi connectivity index (χ3v) is 3.37. The SMILES string of the molecule is CCc1cccc(C)c1.CCc1ccccc1CC. The lowest BCUT2D eigenvalue weighted by atomic mass is 10.0. The summed E-state index contributed by atoms with van der Waals surface area (Å²) in [7, 11) is 0. The largest absolute Gasteiger partial charge is 0.0620 e. The zero-order valence-corrected chi connectivity index (χ0v) is 12.7. The zero-order chi connectivity index (χ0) is 14.1. The van der Waals surface area contributed by atoms with Crippen molar-refractivity contribution in [2.24, 2.45) is 0 Å². The van der Waals surface area contributed by atoms with Crippen LogP contribution >= 0.6 is 0 Å². The predicted molar refractivity (Wildman–Crippen MR) is 85.8 cm³/mol. The third kappa shape index (κ3) is 5.30. The third-order valence-electron chi connectivity index (χ3n) is 3.37. The molecule has 0 radical (unpaired) electrons. The molecule has 0 fully saturated rings. The molecule has 0 saturated heterocycles. The van der Waals surface area contributed by atoms with Gasteiger partial charge in [0.05, 0.1) is 0 Å². The van der Waals surface area contributed by atoms with Crippen LogP contribution in [0.4, 0.5) is 0 Å². The van der Waals surface area contributed by atoms with Crippen LogP contribution in [0.15, 0.2) is 48.5 Å². The second-order valence-electron chi connectivity index (χ2n) is 4.82. The lowest BCUT2D eigenvalue weighted by molar-refractivity contribution is 1.04. The van der Waals surface area contributed by atoms with Crippen molar-refractivity contribution in [1.82, 2.24) is 0 Å². The van der Waals surface area contributed by atoms with Gasteiger partial charge in [-0.2, -0.15) is 0 Å². The molecule has 0 aliphatic carbocycles. The quantitative estimate of drug-likeness (QED) is 0.691. The monoisotopic (exact) mass is 254 g/mol. The second kappa shape index (κ2) is 8.53. The van der Waals surface area contributed by atoms with Gasteiger partial charge in [0.1, 0.15) is 0 Å². The molecule has 2 aromatic carbocycles. The van der Waals surface area contributed by atoms with Gasteiger partial charge in [-0.3, -0.25) is 0 Å². The molecule has 0 amide bonds. The summed E-state index contributed by atoms with van der Waals surface area (Å²) in [6, 6.07) is 17.2. The highest BCUT2D eigenvalue weighted by atomic mass is 14.0. The average Bonchev–Trinajstić information content (AvgIpc) is 2.47. The summed E-state index contributed by atoms with van der Waals surface area (Å²) in [5.74, 6) is 0. The summed E-state index contributed by atoms with van der Waals surface area (Å²) in [5, 5.41) is 0. The molecule has 0 heterocycles. The van der Waals surface area contributed by atoms with Gasteiger partial charge in [-0.1, -0.05) is 74.9 Å². The van der Waals surface area contributed by atoms with Gasteiger partial charge in [0.25, 0.3) is 0 Å². The number of hydrogen-bond donors (Lipinski definition) is 0. The van der Waals surface area contributed by atoms with Crippen molar-refractivity contribution in [3.05, 3.63) is 70.8 Å². The van der Waals surface area contributed by atoms with Gasteiger partial charge in [0, 0.05) is 0 Å². The summed E-state index contributed by atoms with van der Waals surface area (Å²) in [5.41, 5.74) is 5.76. The Bertz CT molecular complexity index is 460. The van der Waals surface area contributed by atoms with Crippen LogP contribution in [0.2, 0.25) is 0 Å². The standard InChI is InChI=1S/C10H14.C9H12/c1-3-9-7-5-6-8-10(9)4-2;1-3-9-6-4-5-8(2)7-9/h5-8H,3-4H2,1-2H3;4-7H,3H2,1-2H3. The Hall–Kier alpha value is -1.56. The Morgan fingerprint density at radius 3 is 1.63 bits per heavy atom. The smallest absolute Gasteiger partial charge is 0.0305 e. The van der Waals surface area contributed by atoms with Gasteiger partial charge < -0.3 is 0 Å². The van der Waals surface area contributed by atoms with E-state index in [2.05, 4.69) is 76.2 Å². The molecular weight excluding hydrogens is 228 g/mol. The Morgan fingerprint density at radius 1 is 0.684 bits per heavy atom. The first kappa shape index (κ1) is 15.5. The molecule has 0 aromatic heterocycles. The Balaban J connectivity index is 0.000000191. The van der Waals surface area contributed by atoms with E-state index in [1.165, 1.54) is 22.3 Å². The minimum Gasteiger partial charge on any atom is -0.0620 e. The summed E-state index contributed by atoms with van der Waals surface area (Å²) < 4.78 is 0. The molecule has 2 rings (SSSR count). The van der Waals surface area contributed by atoms with Crippen LogP contribution in [-0.4, -0.2) is 0 Å². The average molecular weight is 254 g/mol. The number of hydrogen-bond acceptors (Lipinski definition) is 0. The summed E-state index contributed by atoms with van der Waals surface area (Å²) in [4.78, 5) is 0. The second-order valence-corrected chi connectivity index (χ2v) is 4.82. The molecule has 0 nitrogen and oxygen atoms in total. The van der Waals surface area contributed by atoms with Crippen LogP contribution in [0.25, 0.3) is 0 Å². The fraction of sp³-hybridized carbons (Fsp3) is 0.368. The van der Waals surface area contributed by atoms with E-state index in [4.69, 9.17) is 0 Å². The summed E-state index contributed by atoms with van der Waals surface area (Å²) in [6.45, 7) is 8.71. The van der Waals surface area contributed by atoms with Crippen molar-refractivity contribution in [2.45, 2.75) is 47.0 Å². The summed E-state index contributed by atoms with van der Waals surface area (Å²) >= 11 is 0. The number of rotatable bonds is 3. The molecule has 0 heteroatoms. The maximum Gasteiger partial charge on any atom is -0.0305 e. The van der Waals surface area contributed by atoms with Gasteiger partial charge in [0.15, 0.2) is 0 Å². The fourth-order valence-electron chi connectivity index (χ4n) is 2.18. The van der Waals surface area contributed by atoms with E-state index in [9.17, 15) is 0 Å². The predicted octanol–water partition coefficient (Wildman–Crippen LogP) is 5.37. The molecule has 102 valence electrons. The first-order valence-corrected chi connectivity index (χ1v) is 7.33. The van der Waals surface area contributed by atoms with Crippen molar-refractivity contribution in [1.29, 1.82) is 0 Å². The molecule has 0 N–H and O–H groups in total. The minimum absolute atomic E-state index is 1.14. The van der Waals surface area contributed by atoms with Crippen LogP contribution in [0, 0.1) is 6.92 Å². The van der Waals surface area contributed by atoms with E-state index >= 15 is 0 Å². The van der Waals surface area contributed by atoms with Gasteiger partial charge in [-0.05, 0) is 42.9 Å². The molecule has 19 heavy (non-hydrogen) atoms. The molecule has 0 aliphatic rings. The van der Waals surface area contributed by atoms with E-state index in [1.54, 1.807) is 0 Å². The van der Waals surface area contributed by atoms with E-state index in [0.717, 1.165) is 19.3 Å². The molecule has 2 aromatic rings. The summed E-state index contributed by atoms with van der Waals surface area (Å²) in [6.07, 6.45) is 3.45. The Kier molecular flexibility index (Phi) is 6.95. The van der Waals surface area contributed by atoms with Crippen molar-refractivity contribution in [2.75, 3.05) is 0 Å². The number of aryl methyl sites for hydroxylation is 4. The van der Waals surface area contributed by atoms with Crippen LogP contribution in [0.3, 0.4) is 0 Å². The first-order chi connectivity index (χ1) is 9.21. The van der Waals surface area contributed by atoms with E-state index in [1.807, 2.05) is 0 Å². The number of benzene rings is 2. The highest BCUT2D eigenvalue weighted by molar-refractivity contribution is 5.26. The van der Waals surface area contributed by atoms with E-state index in [-0.39, 0.29) is 0 Å². The topological polar surface area (TPSA) is 0 Å². The van der Waals surface area contributed by atoms with Gasteiger partial charge in [0.2, 0.25) is 0 Å². The molecule has 0 aliphatic heterocycles. The van der Waals surface area contributed by atoms with Crippen LogP contribution in [-0.2, 0) is 19.3 Å². The normalized spacial score (nSPS) is 9.68. The van der Waals surface area contributed by atoms with Gasteiger partial charge in [-0.15, -0.1) is 0 Å². The maximum atomic E-state index is 2.22. The van der Waals surface area contributed by atoms with E-state index < -0.39 is 0 Å². The maximum absolute atomic E-state index is 2.22. The van der Waals surface area contributed by atoms with Crippen molar-refractivity contribution >= 4 is 0 Å². The zero-order valence-electron chi connectivity index (χ0n) is 12.7.